The van der Waals surface area contributed by atoms with Crippen LogP contribution in [0.3, 0.4) is 0 Å². The van der Waals surface area contributed by atoms with E-state index in [1.54, 1.807) is 18.7 Å². The Balaban J connectivity index is 1.68. The molecule has 0 fully saturated rings. The zero-order chi connectivity index (χ0) is 11.7. The van der Waals surface area contributed by atoms with Gasteiger partial charge < -0.3 is 9.97 Å². The largest absolute Gasteiger partial charge is 0.347 e. The quantitative estimate of drug-likeness (QED) is 0.575. The molecule has 0 bridgehead atoms. The Labute approximate surface area is 97.1 Å². The van der Waals surface area contributed by atoms with Gasteiger partial charge in [0.2, 0.25) is 11.9 Å². The average Bonchev–Trinajstić information content (AvgIpc) is 2.97. The van der Waals surface area contributed by atoms with Crippen molar-refractivity contribution in [2.45, 2.75) is 19.0 Å². The van der Waals surface area contributed by atoms with Gasteiger partial charge in [0.25, 0.3) is 0 Å². The first-order valence-electron chi connectivity index (χ1n) is 5.37. The molecule has 2 aromatic rings. The standard InChI is InChI=1S/C10H12N6O/c17-9(16-10-11-1-2-12-10)7-3-6-8(4-13-7)15-5-14-6/h1-2,5,7,13H,3-4H2,(H,14,15)(H2,11,12,16,17). The van der Waals surface area contributed by atoms with Crippen LogP contribution in [0.15, 0.2) is 18.7 Å². The highest BCUT2D eigenvalue weighted by molar-refractivity contribution is 5.93. The van der Waals surface area contributed by atoms with E-state index < -0.39 is 0 Å². The predicted octanol–water partition coefficient (Wildman–Crippen LogP) is -0.214. The Hall–Kier alpha value is -2.15. The highest BCUT2D eigenvalue weighted by atomic mass is 16.2. The maximum atomic E-state index is 11.9. The first kappa shape index (κ1) is 10.0. The number of nitrogens with one attached hydrogen (secondary N) is 4. The highest BCUT2D eigenvalue weighted by Crippen LogP contribution is 2.12. The van der Waals surface area contributed by atoms with Gasteiger partial charge in [0, 0.05) is 25.4 Å². The number of amides is 1. The van der Waals surface area contributed by atoms with Gasteiger partial charge >= 0.3 is 0 Å². The minimum atomic E-state index is -0.268. The molecule has 0 saturated carbocycles. The number of hydrogen-bond donors (Lipinski definition) is 4. The summed E-state index contributed by atoms with van der Waals surface area (Å²) >= 11 is 0. The summed E-state index contributed by atoms with van der Waals surface area (Å²) in [5.41, 5.74) is 2.00. The smallest absolute Gasteiger partial charge is 0.244 e. The van der Waals surface area contributed by atoms with Gasteiger partial charge in [-0.25, -0.2) is 9.97 Å². The normalized spacial score (nSPS) is 18.7. The van der Waals surface area contributed by atoms with Crippen LogP contribution >= 0.6 is 0 Å². The van der Waals surface area contributed by atoms with E-state index in [9.17, 15) is 4.79 Å². The van der Waals surface area contributed by atoms with Crippen molar-refractivity contribution in [2.75, 3.05) is 5.32 Å². The van der Waals surface area contributed by atoms with E-state index in [2.05, 4.69) is 30.6 Å². The van der Waals surface area contributed by atoms with E-state index in [0.29, 0.717) is 18.9 Å². The topological polar surface area (TPSA) is 98.5 Å². The maximum Gasteiger partial charge on any atom is 0.244 e. The summed E-state index contributed by atoms with van der Waals surface area (Å²) in [4.78, 5) is 25.9. The van der Waals surface area contributed by atoms with Crippen molar-refractivity contribution in [3.8, 4) is 0 Å². The minimum Gasteiger partial charge on any atom is -0.347 e. The molecule has 1 amide bonds. The third-order valence-corrected chi connectivity index (χ3v) is 2.79. The molecule has 1 atom stereocenters. The van der Waals surface area contributed by atoms with Gasteiger partial charge in [-0.3, -0.25) is 15.4 Å². The fourth-order valence-corrected chi connectivity index (χ4v) is 1.89. The lowest BCUT2D eigenvalue weighted by Gasteiger charge is -2.21. The third-order valence-electron chi connectivity index (χ3n) is 2.79. The van der Waals surface area contributed by atoms with Crippen LogP contribution in [0.5, 0.6) is 0 Å². The number of rotatable bonds is 2. The molecular formula is C10H12N6O. The second kappa shape index (κ2) is 4.02. The average molecular weight is 232 g/mol. The van der Waals surface area contributed by atoms with E-state index in [-0.39, 0.29) is 11.9 Å². The van der Waals surface area contributed by atoms with Crippen molar-refractivity contribution in [1.82, 2.24) is 25.3 Å². The number of carbonyl (C=O) groups is 1. The summed E-state index contributed by atoms with van der Waals surface area (Å²) in [6, 6.07) is -0.268. The van der Waals surface area contributed by atoms with Crippen LogP contribution in [-0.4, -0.2) is 31.9 Å². The lowest BCUT2D eigenvalue weighted by Crippen LogP contribution is -2.44. The van der Waals surface area contributed by atoms with Crippen LogP contribution in [0.4, 0.5) is 5.95 Å². The zero-order valence-corrected chi connectivity index (χ0v) is 9.03. The number of imidazole rings is 2. The third kappa shape index (κ3) is 1.92. The monoisotopic (exact) mass is 232 g/mol. The second-order valence-electron chi connectivity index (χ2n) is 3.89. The van der Waals surface area contributed by atoms with Crippen LogP contribution < -0.4 is 10.6 Å². The number of carbonyl (C=O) groups excluding carboxylic acids is 1. The van der Waals surface area contributed by atoms with Crippen LogP contribution in [0.25, 0.3) is 0 Å². The van der Waals surface area contributed by atoms with Crippen molar-refractivity contribution in [1.29, 1.82) is 0 Å². The fourth-order valence-electron chi connectivity index (χ4n) is 1.89. The van der Waals surface area contributed by atoms with Crippen molar-refractivity contribution in [2.24, 2.45) is 0 Å². The lowest BCUT2D eigenvalue weighted by atomic mass is 10.1. The van der Waals surface area contributed by atoms with Crippen molar-refractivity contribution >= 4 is 11.9 Å². The van der Waals surface area contributed by atoms with Gasteiger partial charge in [-0.2, -0.15) is 0 Å². The predicted molar refractivity (Wildman–Crippen MR) is 60.1 cm³/mol. The van der Waals surface area contributed by atoms with Gasteiger partial charge in [0.05, 0.1) is 23.8 Å². The lowest BCUT2D eigenvalue weighted by molar-refractivity contribution is -0.118. The highest BCUT2D eigenvalue weighted by Gasteiger charge is 2.25. The number of nitrogens with zero attached hydrogens (tertiary/aromatic N) is 2. The van der Waals surface area contributed by atoms with Crippen LogP contribution in [0, 0.1) is 0 Å². The SMILES string of the molecule is O=C(Nc1ncc[nH]1)C1Cc2nc[nH]c2CN1. The summed E-state index contributed by atoms with van der Waals surface area (Å²) in [6.45, 7) is 0.631. The molecule has 1 aliphatic heterocycles. The molecule has 7 heteroatoms. The molecule has 7 nitrogen and oxygen atoms in total. The number of hydrogen-bond acceptors (Lipinski definition) is 4. The first-order valence-corrected chi connectivity index (χ1v) is 5.37. The molecule has 4 N–H and O–H groups in total. The summed E-state index contributed by atoms with van der Waals surface area (Å²) in [5.74, 6) is 0.359. The zero-order valence-electron chi connectivity index (χ0n) is 9.03. The van der Waals surface area contributed by atoms with Crippen LogP contribution in [0.1, 0.15) is 11.4 Å². The maximum absolute atomic E-state index is 11.9. The molecule has 2 aromatic heterocycles. The van der Waals surface area contributed by atoms with Gasteiger partial charge in [-0.15, -0.1) is 0 Å². The molecule has 88 valence electrons. The molecule has 0 aromatic carbocycles. The van der Waals surface area contributed by atoms with E-state index in [4.69, 9.17) is 0 Å². The molecule has 17 heavy (non-hydrogen) atoms. The Morgan fingerprint density at radius 2 is 2.35 bits per heavy atom. The molecule has 0 saturated heterocycles. The number of aromatic amines is 2. The molecule has 0 aliphatic carbocycles. The number of anilines is 1. The van der Waals surface area contributed by atoms with Gasteiger partial charge in [-0.1, -0.05) is 0 Å². The number of fused-ring (bicyclic) bond motifs is 1. The molecule has 0 spiro atoms. The van der Waals surface area contributed by atoms with E-state index >= 15 is 0 Å². The Morgan fingerprint density at radius 3 is 3.18 bits per heavy atom. The summed E-state index contributed by atoms with van der Waals surface area (Å²) in [6.07, 6.45) is 5.50. The van der Waals surface area contributed by atoms with Crippen molar-refractivity contribution in [3.63, 3.8) is 0 Å². The molecule has 0 radical (unpaired) electrons. The molecule has 1 aliphatic rings. The molecule has 1 unspecified atom stereocenters. The van der Waals surface area contributed by atoms with Crippen LogP contribution in [-0.2, 0) is 17.8 Å². The van der Waals surface area contributed by atoms with E-state index in [1.165, 1.54) is 0 Å². The number of aromatic nitrogens is 4. The van der Waals surface area contributed by atoms with E-state index in [0.717, 1.165) is 11.4 Å². The Kier molecular flexibility index (Phi) is 2.37. The summed E-state index contributed by atoms with van der Waals surface area (Å²) in [7, 11) is 0. The fraction of sp³-hybridized carbons (Fsp3) is 0.300. The minimum absolute atomic E-state index is 0.103. The van der Waals surface area contributed by atoms with Gasteiger partial charge in [0.1, 0.15) is 0 Å². The van der Waals surface area contributed by atoms with Gasteiger partial charge in [0.15, 0.2) is 0 Å². The first-order chi connectivity index (χ1) is 8.33. The van der Waals surface area contributed by atoms with Crippen molar-refractivity contribution in [3.05, 3.63) is 30.1 Å². The molecule has 3 rings (SSSR count). The van der Waals surface area contributed by atoms with Crippen LogP contribution in [0.2, 0.25) is 0 Å². The number of H-pyrrole nitrogens is 2. The summed E-state index contributed by atoms with van der Waals surface area (Å²) in [5, 5.41) is 5.86. The Bertz CT molecular complexity index is 517. The van der Waals surface area contributed by atoms with Gasteiger partial charge in [-0.05, 0) is 0 Å². The molecular weight excluding hydrogens is 220 g/mol. The Morgan fingerprint density at radius 1 is 1.41 bits per heavy atom. The second-order valence-corrected chi connectivity index (χ2v) is 3.89. The molecule has 3 heterocycles. The van der Waals surface area contributed by atoms with E-state index in [1.807, 2.05) is 0 Å². The summed E-state index contributed by atoms with van der Waals surface area (Å²) < 4.78 is 0. The van der Waals surface area contributed by atoms with Crippen molar-refractivity contribution < 1.29 is 4.79 Å².